The minimum atomic E-state index is -0.265. The van der Waals surface area contributed by atoms with Crippen LogP contribution in [0.25, 0.3) is 0 Å². The number of piperidine rings is 1. The molecule has 2 fully saturated rings. The van der Waals surface area contributed by atoms with E-state index >= 15 is 0 Å². The van der Waals surface area contributed by atoms with Crippen LogP contribution < -0.4 is 5.32 Å². The summed E-state index contributed by atoms with van der Waals surface area (Å²) in [6, 6.07) is 0.0419. The van der Waals surface area contributed by atoms with E-state index in [0.717, 1.165) is 45.3 Å². The van der Waals surface area contributed by atoms with Crippen molar-refractivity contribution in [3.63, 3.8) is 0 Å². The van der Waals surface area contributed by atoms with Crippen LogP contribution in [0.3, 0.4) is 0 Å². The number of nitrogens with zero attached hydrogens (tertiary/aromatic N) is 1. The van der Waals surface area contributed by atoms with E-state index in [1.54, 1.807) is 0 Å². The van der Waals surface area contributed by atoms with E-state index in [1.165, 1.54) is 24.8 Å². The quantitative estimate of drug-likeness (QED) is 0.764. The lowest BCUT2D eigenvalue weighted by Gasteiger charge is -2.56. The summed E-state index contributed by atoms with van der Waals surface area (Å²) in [5.41, 5.74) is 1.38. The standard InChI is InChI=1S/C18H30N2O3/c1-2-23-16-13-15(21)18(16)8-11-20(12-9-18)17(22)19-10-7-14-5-3-4-6-14/h5,15-16,21H,2-4,6-13H2,1H3,(H,19,22)/t15-,16-/m0/s1. The van der Waals surface area contributed by atoms with Gasteiger partial charge in [0.05, 0.1) is 12.2 Å². The second-order valence-corrected chi connectivity index (χ2v) is 7.15. The average Bonchev–Trinajstić information content (AvgIpc) is 3.08. The van der Waals surface area contributed by atoms with Gasteiger partial charge < -0.3 is 20.1 Å². The molecular formula is C18H30N2O3. The van der Waals surface area contributed by atoms with Gasteiger partial charge in [-0.2, -0.15) is 0 Å². The molecule has 5 heteroatoms. The van der Waals surface area contributed by atoms with Crippen LogP contribution in [0.4, 0.5) is 4.79 Å². The van der Waals surface area contributed by atoms with Gasteiger partial charge in [0.1, 0.15) is 0 Å². The van der Waals surface area contributed by atoms with Crippen molar-refractivity contribution in [3.8, 4) is 0 Å². The van der Waals surface area contributed by atoms with Crippen molar-refractivity contribution in [2.24, 2.45) is 5.41 Å². The zero-order valence-electron chi connectivity index (χ0n) is 14.2. The summed E-state index contributed by atoms with van der Waals surface area (Å²) in [4.78, 5) is 14.2. The number of rotatable bonds is 5. The summed E-state index contributed by atoms with van der Waals surface area (Å²) in [5, 5.41) is 13.2. The van der Waals surface area contributed by atoms with Crippen LogP contribution in [0.2, 0.25) is 0 Å². The first-order valence-corrected chi connectivity index (χ1v) is 9.16. The first-order valence-electron chi connectivity index (χ1n) is 9.16. The molecule has 0 aromatic carbocycles. The van der Waals surface area contributed by atoms with Crippen LogP contribution in [0.1, 0.15) is 51.9 Å². The third-order valence-electron chi connectivity index (χ3n) is 5.95. The SMILES string of the molecule is CCO[C@H]1C[C@H](O)C12CCN(C(=O)NCCC1=CCCC1)CC2. The Labute approximate surface area is 139 Å². The predicted octanol–water partition coefficient (Wildman–Crippen LogP) is 2.45. The molecule has 1 saturated carbocycles. The summed E-state index contributed by atoms with van der Waals surface area (Å²) in [6.07, 6.45) is 9.28. The van der Waals surface area contributed by atoms with Crippen LogP contribution >= 0.6 is 0 Å². The van der Waals surface area contributed by atoms with Crippen molar-refractivity contribution < 1.29 is 14.6 Å². The summed E-state index contributed by atoms with van der Waals surface area (Å²) >= 11 is 0. The molecule has 0 radical (unpaired) electrons. The third kappa shape index (κ3) is 3.41. The van der Waals surface area contributed by atoms with Crippen LogP contribution in [-0.4, -0.2) is 54.5 Å². The van der Waals surface area contributed by atoms with Crippen molar-refractivity contribution in [2.45, 2.75) is 64.1 Å². The summed E-state index contributed by atoms with van der Waals surface area (Å²) < 4.78 is 5.77. The number of urea groups is 1. The molecule has 23 heavy (non-hydrogen) atoms. The Hall–Kier alpha value is -1.07. The van der Waals surface area contributed by atoms with Gasteiger partial charge in [-0.05, 0) is 45.4 Å². The van der Waals surface area contributed by atoms with Gasteiger partial charge in [-0.25, -0.2) is 4.79 Å². The highest BCUT2D eigenvalue weighted by atomic mass is 16.5. The van der Waals surface area contributed by atoms with Gasteiger partial charge in [0.2, 0.25) is 0 Å². The highest BCUT2D eigenvalue weighted by Gasteiger charge is 2.56. The van der Waals surface area contributed by atoms with Crippen LogP contribution in [0, 0.1) is 5.41 Å². The molecule has 1 saturated heterocycles. The lowest BCUT2D eigenvalue weighted by molar-refractivity contribution is -0.207. The van der Waals surface area contributed by atoms with Gasteiger partial charge in [-0.15, -0.1) is 0 Å². The number of carbonyl (C=O) groups excluding carboxylic acids is 1. The zero-order chi connectivity index (χ0) is 16.3. The molecule has 2 amide bonds. The number of aliphatic hydroxyl groups is 1. The van der Waals surface area contributed by atoms with E-state index in [0.29, 0.717) is 6.61 Å². The van der Waals surface area contributed by atoms with E-state index in [2.05, 4.69) is 11.4 Å². The maximum atomic E-state index is 12.3. The van der Waals surface area contributed by atoms with Crippen LogP contribution in [0.5, 0.6) is 0 Å². The van der Waals surface area contributed by atoms with Gasteiger partial charge in [0.15, 0.2) is 0 Å². The van der Waals surface area contributed by atoms with Crippen LogP contribution in [-0.2, 0) is 4.74 Å². The number of aliphatic hydroxyl groups excluding tert-OH is 1. The van der Waals surface area contributed by atoms with Gasteiger partial charge >= 0.3 is 6.03 Å². The lowest BCUT2D eigenvalue weighted by Crippen LogP contribution is -2.63. The summed E-state index contributed by atoms with van der Waals surface area (Å²) in [7, 11) is 0. The first-order chi connectivity index (χ1) is 11.2. The Balaban J connectivity index is 1.42. The molecule has 3 aliphatic rings. The van der Waals surface area contributed by atoms with E-state index in [1.807, 2.05) is 11.8 Å². The number of nitrogens with one attached hydrogen (secondary N) is 1. The number of likely N-dealkylation sites (tertiary alicyclic amines) is 1. The molecule has 0 aromatic rings. The maximum absolute atomic E-state index is 12.3. The Bertz CT molecular complexity index is 453. The number of amides is 2. The smallest absolute Gasteiger partial charge is 0.317 e. The van der Waals surface area contributed by atoms with Crippen molar-refractivity contribution in [2.75, 3.05) is 26.2 Å². The second kappa shape index (κ2) is 7.22. The Morgan fingerprint density at radius 1 is 1.48 bits per heavy atom. The third-order valence-corrected chi connectivity index (χ3v) is 5.95. The van der Waals surface area contributed by atoms with Crippen molar-refractivity contribution in [3.05, 3.63) is 11.6 Å². The minimum absolute atomic E-state index is 0.0419. The molecular weight excluding hydrogens is 292 g/mol. The van der Waals surface area contributed by atoms with Crippen molar-refractivity contribution in [1.82, 2.24) is 10.2 Å². The molecule has 130 valence electrons. The van der Waals surface area contributed by atoms with E-state index in [4.69, 9.17) is 4.74 Å². The fourth-order valence-electron chi connectivity index (χ4n) is 4.35. The van der Waals surface area contributed by atoms with Gasteiger partial charge in [-0.1, -0.05) is 11.6 Å². The second-order valence-electron chi connectivity index (χ2n) is 7.15. The van der Waals surface area contributed by atoms with Gasteiger partial charge in [0.25, 0.3) is 0 Å². The predicted molar refractivity (Wildman–Crippen MR) is 89.2 cm³/mol. The molecule has 2 atom stereocenters. The number of allylic oxidation sites excluding steroid dienone is 1. The van der Waals surface area contributed by atoms with Gasteiger partial charge in [-0.3, -0.25) is 0 Å². The number of hydrogen-bond donors (Lipinski definition) is 2. The highest BCUT2D eigenvalue weighted by Crippen LogP contribution is 2.50. The number of ether oxygens (including phenoxy) is 1. The average molecular weight is 322 g/mol. The van der Waals surface area contributed by atoms with E-state index < -0.39 is 0 Å². The first kappa shape index (κ1) is 16.8. The van der Waals surface area contributed by atoms with Crippen LogP contribution in [0.15, 0.2) is 11.6 Å². The Kier molecular flexibility index (Phi) is 5.27. The molecule has 1 heterocycles. The number of hydrogen-bond acceptors (Lipinski definition) is 3. The molecule has 3 rings (SSSR count). The van der Waals surface area contributed by atoms with Crippen molar-refractivity contribution in [1.29, 1.82) is 0 Å². The van der Waals surface area contributed by atoms with E-state index in [9.17, 15) is 9.90 Å². The fraction of sp³-hybridized carbons (Fsp3) is 0.833. The molecule has 2 aliphatic carbocycles. The highest BCUT2D eigenvalue weighted by molar-refractivity contribution is 5.74. The zero-order valence-corrected chi connectivity index (χ0v) is 14.2. The largest absolute Gasteiger partial charge is 0.392 e. The van der Waals surface area contributed by atoms with Gasteiger partial charge in [0, 0.05) is 38.1 Å². The Morgan fingerprint density at radius 3 is 2.87 bits per heavy atom. The monoisotopic (exact) mass is 322 g/mol. The van der Waals surface area contributed by atoms with E-state index in [-0.39, 0.29) is 23.7 Å². The number of carbonyl (C=O) groups is 1. The molecule has 0 aromatic heterocycles. The normalized spacial score (nSPS) is 29.3. The molecule has 1 aliphatic heterocycles. The minimum Gasteiger partial charge on any atom is -0.392 e. The fourth-order valence-corrected chi connectivity index (χ4v) is 4.35. The molecule has 2 N–H and O–H groups in total. The summed E-state index contributed by atoms with van der Waals surface area (Å²) in [5.74, 6) is 0. The molecule has 5 nitrogen and oxygen atoms in total. The maximum Gasteiger partial charge on any atom is 0.317 e. The molecule has 0 unspecified atom stereocenters. The lowest BCUT2D eigenvalue weighted by atomic mass is 9.58. The summed E-state index contributed by atoms with van der Waals surface area (Å²) in [6.45, 7) is 4.86. The topological polar surface area (TPSA) is 61.8 Å². The Morgan fingerprint density at radius 2 is 2.26 bits per heavy atom. The molecule has 0 bridgehead atoms. The van der Waals surface area contributed by atoms with Crippen molar-refractivity contribution >= 4 is 6.03 Å². The molecule has 1 spiro atoms.